The summed E-state index contributed by atoms with van der Waals surface area (Å²) in [5.41, 5.74) is 0.530. The number of carbonyl (C=O) groups excluding carboxylic acids is 1. The molecule has 0 fully saturated rings. The van der Waals surface area contributed by atoms with Crippen molar-refractivity contribution in [2.75, 3.05) is 7.11 Å². The highest BCUT2D eigenvalue weighted by Gasteiger charge is 2.11. The van der Waals surface area contributed by atoms with Gasteiger partial charge in [-0.1, -0.05) is 19.4 Å². The van der Waals surface area contributed by atoms with E-state index in [-0.39, 0.29) is 12.1 Å². The minimum absolute atomic E-state index is 0.0382. The highest BCUT2D eigenvalue weighted by atomic mass is 16.5. The van der Waals surface area contributed by atoms with Crippen LogP contribution in [-0.2, 0) is 4.74 Å². The zero-order chi connectivity index (χ0) is 12.0. The Hall–Kier alpha value is -1.51. The van der Waals surface area contributed by atoms with E-state index in [1.165, 1.54) is 0 Å². The molecular weight excluding hydrogens is 204 g/mol. The molecule has 3 nitrogen and oxygen atoms in total. The Balaban J connectivity index is 2.65. The normalized spacial score (nSPS) is 11.9. The lowest BCUT2D eigenvalue weighted by Gasteiger charge is -2.12. The minimum atomic E-state index is -0.292. The summed E-state index contributed by atoms with van der Waals surface area (Å²) in [6.07, 6.45) is 1.85. The number of hydrogen-bond acceptors (Lipinski definition) is 3. The van der Waals surface area contributed by atoms with Gasteiger partial charge in [-0.25, -0.2) is 4.79 Å². The molecule has 0 N–H and O–H groups in total. The smallest absolute Gasteiger partial charge is 0.338 e. The Bertz CT molecular complexity index is 347. The zero-order valence-corrected chi connectivity index (χ0v) is 10.0. The largest absolute Gasteiger partial charge is 0.497 e. The molecule has 1 aromatic carbocycles. The number of methoxy groups -OCH3 is 1. The first-order valence-electron chi connectivity index (χ1n) is 5.52. The van der Waals surface area contributed by atoms with Crippen LogP contribution in [0.4, 0.5) is 0 Å². The van der Waals surface area contributed by atoms with Gasteiger partial charge in [0.15, 0.2) is 0 Å². The first-order chi connectivity index (χ1) is 7.67. The molecule has 88 valence electrons. The number of benzene rings is 1. The molecular formula is C13H18O3. The van der Waals surface area contributed by atoms with E-state index in [0.29, 0.717) is 11.3 Å². The van der Waals surface area contributed by atoms with Crippen LogP contribution in [0, 0.1) is 0 Å². The van der Waals surface area contributed by atoms with Crippen LogP contribution < -0.4 is 4.74 Å². The molecule has 0 saturated carbocycles. The molecule has 0 saturated heterocycles. The van der Waals surface area contributed by atoms with Crippen molar-refractivity contribution in [1.82, 2.24) is 0 Å². The Morgan fingerprint density at radius 1 is 1.44 bits per heavy atom. The molecule has 0 aliphatic carbocycles. The average molecular weight is 222 g/mol. The van der Waals surface area contributed by atoms with Crippen LogP contribution in [0.15, 0.2) is 24.3 Å². The molecule has 1 atom stereocenters. The van der Waals surface area contributed by atoms with Gasteiger partial charge in [0.05, 0.1) is 18.8 Å². The summed E-state index contributed by atoms with van der Waals surface area (Å²) in [6.45, 7) is 3.97. The summed E-state index contributed by atoms with van der Waals surface area (Å²) in [5.74, 6) is 0.373. The van der Waals surface area contributed by atoms with Crippen LogP contribution in [0.3, 0.4) is 0 Å². The van der Waals surface area contributed by atoms with Gasteiger partial charge in [0.2, 0.25) is 0 Å². The fourth-order valence-corrected chi connectivity index (χ4v) is 1.47. The summed E-state index contributed by atoms with van der Waals surface area (Å²) in [7, 11) is 1.57. The monoisotopic (exact) mass is 222 g/mol. The van der Waals surface area contributed by atoms with E-state index in [1.54, 1.807) is 31.4 Å². The summed E-state index contributed by atoms with van der Waals surface area (Å²) >= 11 is 0. The molecule has 0 bridgehead atoms. The van der Waals surface area contributed by atoms with E-state index in [0.717, 1.165) is 12.8 Å². The molecule has 0 radical (unpaired) electrons. The molecule has 0 heterocycles. The van der Waals surface area contributed by atoms with E-state index in [1.807, 2.05) is 6.92 Å². The van der Waals surface area contributed by atoms with Crippen molar-refractivity contribution in [3.63, 3.8) is 0 Å². The molecule has 0 amide bonds. The molecule has 1 aromatic rings. The second kappa shape index (κ2) is 6.16. The van der Waals surface area contributed by atoms with Crippen LogP contribution in [0.5, 0.6) is 5.75 Å². The molecule has 0 spiro atoms. The Labute approximate surface area is 96.4 Å². The third-order valence-corrected chi connectivity index (χ3v) is 2.31. The lowest BCUT2D eigenvalue weighted by atomic mass is 10.2. The van der Waals surface area contributed by atoms with Gasteiger partial charge in [-0.2, -0.15) is 0 Å². The number of esters is 1. The zero-order valence-electron chi connectivity index (χ0n) is 10.0. The van der Waals surface area contributed by atoms with Crippen LogP contribution in [0.1, 0.15) is 37.0 Å². The van der Waals surface area contributed by atoms with E-state index in [9.17, 15) is 4.79 Å². The van der Waals surface area contributed by atoms with Crippen molar-refractivity contribution in [2.24, 2.45) is 0 Å². The third-order valence-electron chi connectivity index (χ3n) is 2.31. The molecule has 0 aromatic heterocycles. The van der Waals surface area contributed by atoms with Gasteiger partial charge in [0, 0.05) is 0 Å². The summed E-state index contributed by atoms with van der Waals surface area (Å²) in [4.78, 5) is 11.7. The van der Waals surface area contributed by atoms with Gasteiger partial charge in [-0.05, 0) is 31.5 Å². The molecule has 1 unspecified atom stereocenters. The highest BCUT2D eigenvalue weighted by Crippen LogP contribution is 2.14. The second-order valence-electron chi connectivity index (χ2n) is 3.74. The van der Waals surface area contributed by atoms with Crippen molar-refractivity contribution in [3.8, 4) is 5.75 Å². The van der Waals surface area contributed by atoms with Crippen molar-refractivity contribution in [2.45, 2.75) is 32.8 Å². The van der Waals surface area contributed by atoms with E-state index < -0.39 is 0 Å². The van der Waals surface area contributed by atoms with Crippen LogP contribution >= 0.6 is 0 Å². The van der Waals surface area contributed by atoms with Gasteiger partial charge in [0.25, 0.3) is 0 Å². The van der Waals surface area contributed by atoms with Gasteiger partial charge < -0.3 is 9.47 Å². The standard InChI is InChI=1S/C13H18O3/c1-4-6-10(2)16-13(14)11-7-5-8-12(9-11)15-3/h5,7-10H,4,6H2,1-3H3. The van der Waals surface area contributed by atoms with Gasteiger partial charge in [0.1, 0.15) is 5.75 Å². The first-order valence-corrected chi connectivity index (χ1v) is 5.52. The van der Waals surface area contributed by atoms with Crippen molar-refractivity contribution < 1.29 is 14.3 Å². The lowest BCUT2D eigenvalue weighted by Crippen LogP contribution is -2.14. The Kier molecular flexibility index (Phi) is 4.83. The molecule has 0 aliphatic heterocycles. The van der Waals surface area contributed by atoms with Crippen molar-refractivity contribution in [3.05, 3.63) is 29.8 Å². The average Bonchev–Trinajstić information content (AvgIpc) is 2.29. The lowest BCUT2D eigenvalue weighted by molar-refractivity contribution is 0.0323. The van der Waals surface area contributed by atoms with Crippen LogP contribution in [0.25, 0.3) is 0 Å². The molecule has 1 rings (SSSR count). The maximum Gasteiger partial charge on any atom is 0.338 e. The van der Waals surface area contributed by atoms with Gasteiger partial charge in [-0.15, -0.1) is 0 Å². The fourth-order valence-electron chi connectivity index (χ4n) is 1.47. The summed E-state index contributed by atoms with van der Waals surface area (Å²) < 4.78 is 10.3. The molecule has 16 heavy (non-hydrogen) atoms. The highest BCUT2D eigenvalue weighted by molar-refractivity contribution is 5.89. The SMILES string of the molecule is CCCC(C)OC(=O)c1cccc(OC)c1. The van der Waals surface area contributed by atoms with Gasteiger partial charge >= 0.3 is 5.97 Å². The number of hydrogen-bond donors (Lipinski definition) is 0. The van der Waals surface area contributed by atoms with E-state index in [4.69, 9.17) is 9.47 Å². The third kappa shape index (κ3) is 3.57. The molecule has 0 aliphatic rings. The van der Waals surface area contributed by atoms with Crippen molar-refractivity contribution in [1.29, 1.82) is 0 Å². The number of carbonyl (C=O) groups is 1. The maximum atomic E-state index is 11.7. The maximum absolute atomic E-state index is 11.7. The Morgan fingerprint density at radius 2 is 2.19 bits per heavy atom. The predicted octanol–water partition coefficient (Wildman–Crippen LogP) is 3.04. The number of rotatable bonds is 5. The summed E-state index contributed by atoms with van der Waals surface area (Å²) in [5, 5.41) is 0. The Morgan fingerprint density at radius 3 is 2.81 bits per heavy atom. The number of ether oxygens (including phenoxy) is 2. The first kappa shape index (κ1) is 12.6. The molecule has 3 heteroatoms. The quantitative estimate of drug-likeness (QED) is 0.718. The van der Waals surface area contributed by atoms with Crippen LogP contribution in [0.2, 0.25) is 0 Å². The summed E-state index contributed by atoms with van der Waals surface area (Å²) in [6, 6.07) is 6.98. The van der Waals surface area contributed by atoms with E-state index in [2.05, 4.69) is 6.92 Å². The van der Waals surface area contributed by atoms with Crippen LogP contribution in [-0.4, -0.2) is 19.2 Å². The minimum Gasteiger partial charge on any atom is -0.497 e. The predicted molar refractivity (Wildman–Crippen MR) is 62.8 cm³/mol. The van der Waals surface area contributed by atoms with E-state index >= 15 is 0 Å². The van der Waals surface area contributed by atoms with Gasteiger partial charge in [-0.3, -0.25) is 0 Å². The fraction of sp³-hybridized carbons (Fsp3) is 0.462. The topological polar surface area (TPSA) is 35.5 Å². The second-order valence-corrected chi connectivity index (χ2v) is 3.74. The van der Waals surface area contributed by atoms with Crippen molar-refractivity contribution >= 4 is 5.97 Å².